The van der Waals surface area contributed by atoms with Crippen molar-refractivity contribution in [3.8, 4) is 5.75 Å². The smallest absolute Gasteiger partial charge is 0.387 e. The lowest BCUT2D eigenvalue weighted by atomic mass is 10.0. The van der Waals surface area contributed by atoms with Crippen molar-refractivity contribution in [2.24, 2.45) is 0 Å². The highest BCUT2D eigenvalue weighted by atomic mass is 19.3. The van der Waals surface area contributed by atoms with Crippen LogP contribution in [0.2, 0.25) is 0 Å². The van der Waals surface area contributed by atoms with Crippen LogP contribution in [0.25, 0.3) is 0 Å². The molecule has 4 nitrogen and oxygen atoms in total. The van der Waals surface area contributed by atoms with Crippen molar-refractivity contribution in [1.29, 1.82) is 0 Å². The molecule has 2 aromatic rings. The molecule has 0 spiro atoms. The van der Waals surface area contributed by atoms with Crippen molar-refractivity contribution < 1.29 is 23.0 Å². The van der Waals surface area contributed by atoms with E-state index >= 15 is 0 Å². The molecule has 1 amide bonds. The van der Waals surface area contributed by atoms with Gasteiger partial charge >= 0.3 is 6.61 Å². The van der Waals surface area contributed by atoms with Crippen LogP contribution in [0.3, 0.4) is 0 Å². The molecule has 0 aromatic heterocycles. The predicted molar refractivity (Wildman–Crippen MR) is 89.9 cm³/mol. The lowest BCUT2D eigenvalue weighted by molar-refractivity contribution is -0.124. The van der Waals surface area contributed by atoms with Crippen molar-refractivity contribution in [2.75, 3.05) is 11.9 Å². The average Bonchev–Trinajstić information content (AvgIpc) is 3.12. The van der Waals surface area contributed by atoms with Crippen molar-refractivity contribution in [1.82, 2.24) is 0 Å². The molecule has 1 fully saturated rings. The van der Waals surface area contributed by atoms with E-state index in [4.69, 9.17) is 4.74 Å². The van der Waals surface area contributed by atoms with E-state index in [1.165, 1.54) is 6.07 Å². The van der Waals surface area contributed by atoms with Gasteiger partial charge in [-0.3, -0.25) is 4.79 Å². The largest absolute Gasteiger partial charge is 0.435 e. The summed E-state index contributed by atoms with van der Waals surface area (Å²) in [6, 6.07) is 14.1. The second-order valence-corrected chi connectivity index (χ2v) is 5.85. The van der Waals surface area contributed by atoms with Crippen LogP contribution in [0.5, 0.6) is 5.75 Å². The normalized spacial score (nSPS) is 16.8. The van der Waals surface area contributed by atoms with E-state index in [9.17, 15) is 13.6 Å². The molecule has 0 bridgehead atoms. The van der Waals surface area contributed by atoms with Gasteiger partial charge in [0.15, 0.2) is 0 Å². The van der Waals surface area contributed by atoms with E-state index in [1.54, 1.807) is 12.1 Å². The fourth-order valence-corrected chi connectivity index (χ4v) is 2.83. The summed E-state index contributed by atoms with van der Waals surface area (Å²) < 4.78 is 35.3. The van der Waals surface area contributed by atoms with Gasteiger partial charge in [0, 0.05) is 24.3 Å². The Kier molecular flexibility index (Phi) is 5.60. The molecule has 2 aromatic carbocycles. The van der Waals surface area contributed by atoms with Crippen LogP contribution in [0, 0.1) is 0 Å². The Morgan fingerprint density at radius 1 is 1.24 bits per heavy atom. The van der Waals surface area contributed by atoms with Crippen LogP contribution in [-0.4, -0.2) is 25.2 Å². The Bertz CT molecular complexity index is 716. The SMILES string of the molecule is O=C(Nc1ccc(OC(F)F)c(Cc2ccccc2)c1)C1CCCO1. The summed E-state index contributed by atoms with van der Waals surface area (Å²) in [5, 5.41) is 2.78. The summed E-state index contributed by atoms with van der Waals surface area (Å²) in [5.41, 5.74) is 2.08. The van der Waals surface area contributed by atoms with Crippen LogP contribution in [0.1, 0.15) is 24.0 Å². The second-order valence-electron chi connectivity index (χ2n) is 5.85. The number of alkyl halides is 2. The topological polar surface area (TPSA) is 47.6 Å². The number of carbonyl (C=O) groups excluding carboxylic acids is 1. The molecule has 1 aliphatic rings. The molecule has 1 unspecified atom stereocenters. The second kappa shape index (κ2) is 8.07. The van der Waals surface area contributed by atoms with Gasteiger partial charge < -0.3 is 14.8 Å². The standard InChI is InChI=1S/C19H19F2NO3/c20-19(21)25-16-9-8-15(22-18(23)17-7-4-10-24-17)12-14(16)11-13-5-2-1-3-6-13/h1-3,5-6,8-9,12,17,19H,4,7,10-11H2,(H,22,23). The van der Waals surface area contributed by atoms with Gasteiger partial charge in [0.05, 0.1) is 0 Å². The van der Waals surface area contributed by atoms with E-state index < -0.39 is 12.7 Å². The molecular formula is C19H19F2NO3. The zero-order chi connectivity index (χ0) is 17.6. The van der Waals surface area contributed by atoms with Crippen LogP contribution in [0.4, 0.5) is 14.5 Å². The van der Waals surface area contributed by atoms with E-state index in [0.717, 1.165) is 12.0 Å². The molecule has 132 valence electrons. The first-order valence-corrected chi connectivity index (χ1v) is 8.16. The summed E-state index contributed by atoms with van der Waals surface area (Å²) in [6.07, 6.45) is 1.52. The fourth-order valence-electron chi connectivity index (χ4n) is 2.83. The third kappa shape index (κ3) is 4.76. The molecule has 1 saturated heterocycles. The molecule has 1 N–H and O–H groups in total. The summed E-state index contributed by atoms with van der Waals surface area (Å²) in [6.45, 7) is -2.32. The number of nitrogens with one attached hydrogen (secondary N) is 1. The van der Waals surface area contributed by atoms with E-state index in [0.29, 0.717) is 30.7 Å². The van der Waals surface area contributed by atoms with Gasteiger partial charge in [-0.25, -0.2) is 0 Å². The molecule has 0 radical (unpaired) electrons. The Balaban J connectivity index is 1.80. The van der Waals surface area contributed by atoms with Crippen molar-refractivity contribution in [2.45, 2.75) is 32.0 Å². The van der Waals surface area contributed by atoms with E-state index in [-0.39, 0.29) is 11.7 Å². The molecule has 1 heterocycles. The van der Waals surface area contributed by atoms with E-state index in [2.05, 4.69) is 10.1 Å². The van der Waals surface area contributed by atoms with Crippen LogP contribution >= 0.6 is 0 Å². The van der Waals surface area contributed by atoms with Gasteiger partial charge in [0.1, 0.15) is 11.9 Å². The minimum Gasteiger partial charge on any atom is -0.435 e. The maximum absolute atomic E-state index is 12.6. The number of benzene rings is 2. The molecule has 25 heavy (non-hydrogen) atoms. The van der Waals surface area contributed by atoms with Crippen molar-refractivity contribution in [3.05, 3.63) is 59.7 Å². The Hall–Kier alpha value is -2.47. The summed E-state index contributed by atoms with van der Waals surface area (Å²) >= 11 is 0. The maximum atomic E-state index is 12.6. The van der Waals surface area contributed by atoms with Gasteiger partial charge in [-0.15, -0.1) is 0 Å². The molecule has 1 aliphatic heterocycles. The Morgan fingerprint density at radius 3 is 2.72 bits per heavy atom. The molecule has 3 rings (SSSR count). The lowest BCUT2D eigenvalue weighted by Crippen LogP contribution is -2.26. The van der Waals surface area contributed by atoms with Crippen LogP contribution in [-0.2, 0) is 16.0 Å². The molecular weight excluding hydrogens is 328 g/mol. The third-order valence-electron chi connectivity index (χ3n) is 4.00. The first kappa shape index (κ1) is 17.4. The predicted octanol–water partition coefficient (Wildman–Crippen LogP) is 4.00. The number of ether oxygens (including phenoxy) is 2. The van der Waals surface area contributed by atoms with Crippen LogP contribution < -0.4 is 10.1 Å². The number of hydrogen-bond acceptors (Lipinski definition) is 3. The van der Waals surface area contributed by atoms with Crippen LogP contribution in [0.15, 0.2) is 48.5 Å². The van der Waals surface area contributed by atoms with Crippen molar-refractivity contribution in [3.63, 3.8) is 0 Å². The van der Waals surface area contributed by atoms with E-state index in [1.807, 2.05) is 30.3 Å². The first-order chi connectivity index (χ1) is 12.1. The lowest BCUT2D eigenvalue weighted by Gasteiger charge is -2.15. The average molecular weight is 347 g/mol. The van der Waals surface area contributed by atoms with Gasteiger partial charge in [0.25, 0.3) is 5.91 Å². The molecule has 0 saturated carbocycles. The zero-order valence-corrected chi connectivity index (χ0v) is 13.6. The Morgan fingerprint density at radius 2 is 2.04 bits per heavy atom. The molecule has 0 aliphatic carbocycles. The van der Waals surface area contributed by atoms with Gasteiger partial charge in [-0.2, -0.15) is 8.78 Å². The summed E-state index contributed by atoms with van der Waals surface area (Å²) in [5.74, 6) is -0.111. The quantitative estimate of drug-likeness (QED) is 0.859. The monoisotopic (exact) mass is 347 g/mol. The highest BCUT2D eigenvalue weighted by Gasteiger charge is 2.23. The number of amides is 1. The zero-order valence-electron chi connectivity index (χ0n) is 13.6. The number of halogens is 2. The van der Waals surface area contributed by atoms with Gasteiger partial charge in [-0.05, 0) is 36.6 Å². The minimum absolute atomic E-state index is 0.106. The first-order valence-electron chi connectivity index (χ1n) is 8.16. The molecule has 1 atom stereocenters. The molecule has 6 heteroatoms. The van der Waals surface area contributed by atoms with Gasteiger partial charge in [0.2, 0.25) is 0 Å². The fraction of sp³-hybridized carbons (Fsp3) is 0.316. The maximum Gasteiger partial charge on any atom is 0.387 e. The van der Waals surface area contributed by atoms with Gasteiger partial charge in [-0.1, -0.05) is 30.3 Å². The third-order valence-corrected chi connectivity index (χ3v) is 4.00. The number of rotatable bonds is 6. The van der Waals surface area contributed by atoms with Crippen molar-refractivity contribution >= 4 is 11.6 Å². The summed E-state index contributed by atoms with van der Waals surface area (Å²) in [4.78, 5) is 12.2. The number of hydrogen-bond donors (Lipinski definition) is 1. The Labute approximate surface area is 144 Å². The highest BCUT2D eigenvalue weighted by molar-refractivity contribution is 5.94. The number of carbonyl (C=O) groups is 1. The summed E-state index contributed by atoms with van der Waals surface area (Å²) in [7, 11) is 0. The minimum atomic E-state index is -2.90. The number of anilines is 1. The highest BCUT2D eigenvalue weighted by Crippen LogP contribution is 2.27.